The van der Waals surface area contributed by atoms with Crippen LogP contribution in [0.1, 0.15) is 17.3 Å². The number of anilines is 1. The average Bonchev–Trinajstić information content (AvgIpc) is 2.67. The summed E-state index contributed by atoms with van der Waals surface area (Å²) in [4.78, 5) is 34.2. The number of carbonyl (C=O) groups excluding carboxylic acids is 2. The highest BCUT2D eigenvalue weighted by molar-refractivity contribution is 5.99. The number of rotatable bonds is 8. The van der Waals surface area contributed by atoms with Crippen molar-refractivity contribution in [1.82, 2.24) is 5.32 Å². The topological polar surface area (TPSA) is 120 Å². The molecule has 9 nitrogen and oxygen atoms in total. The number of nitrogens with zero attached hydrogens (tertiary/aromatic N) is 1. The van der Waals surface area contributed by atoms with Crippen LogP contribution in [0.15, 0.2) is 42.5 Å². The van der Waals surface area contributed by atoms with Gasteiger partial charge >= 0.3 is 0 Å². The van der Waals surface area contributed by atoms with E-state index in [9.17, 15) is 19.7 Å². The van der Waals surface area contributed by atoms with Crippen LogP contribution in [-0.4, -0.2) is 37.0 Å². The van der Waals surface area contributed by atoms with Gasteiger partial charge in [-0.05, 0) is 25.1 Å². The third-order valence-electron chi connectivity index (χ3n) is 3.48. The molecule has 0 fully saturated rings. The molecule has 2 amide bonds. The SMILES string of the molecule is CCOc1ccc(NC(=O)CNC(=O)c2cccc([N+](=O)[O-])c2)cc1OC. The minimum Gasteiger partial charge on any atom is -0.493 e. The Morgan fingerprint density at radius 2 is 1.93 bits per heavy atom. The molecule has 0 bridgehead atoms. The Morgan fingerprint density at radius 3 is 2.59 bits per heavy atom. The number of non-ortho nitro benzene ring substituents is 1. The van der Waals surface area contributed by atoms with E-state index in [1.807, 2.05) is 6.92 Å². The van der Waals surface area contributed by atoms with E-state index in [4.69, 9.17) is 9.47 Å². The first-order chi connectivity index (χ1) is 12.9. The van der Waals surface area contributed by atoms with Crippen molar-refractivity contribution in [2.75, 3.05) is 25.6 Å². The van der Waals surface area contributed by atoms with Gasteiger partial charge in [0.15, 0.2) is 11.5 Å². The monoisotopic (exact) mass is 373 g/mol. The quantitative estimate of drug-likeness (QED) is 0.541. The van der Waals surface area contributed by atoms with Crippen molar-refractivity contribution >= 4 is 23.2 Å². The fourth-order valence-corrected chi connectivity index (χ4v) is 2.25. The van der Waals surface area contributed by atoms with Gasteiger partial charge in [-0.2, -0.15) is 0 Å². The number of benzene rings is 2. The summed E-state index contributed by atoms with van der Waals surface area (Å²) in [5.41, 5.74) is 0.373. The lowest BCUT2D eigenvalue weighted by atomic mass is 10.2. The summed E-state index contributed by atoms with van der Waals surface area (Å²) in [5.74, 6) is -0.0228. The molecule has 0 unspecified atom stereocenters. The highest BCUT2D eigenvalue weighted by Crippen LogP contribution is 2.30. The van der Waals surface area contributed by atoms with Crippen molar-refractivity contribution in [3.8, 4) is 11.5 Å². The van der Waals surface area contributed by atoms with Gasteiger partial charge in [0, 0.05) is 29.4 Å². The fourth-order valence-electron chi connectivity index (χ4n) is 2.25. The lowest BCUT2D eigenvalue weighted by molar-refractivity contribution is -0.384. The van der Waals surface area contributed by atoms with E-state index in [-0.39, 0.29) is 17.8 Å². The number of hydrogen-bond acceptors (Lipinski definition) is 6. The molecule has 0 saturated carbocycles. The second kappa shape index (κ2) is 9.18. The van der Waals surface area contributed by atoms with Crippen molar-refractivity contribution in [1.29, 1.82) is 0 Å². The predicted molar refractivity (Wildman–Crippen MR) is 98.2 cm³/mol. The molecule has 2 rings (SSSR count). The van der Waals surface area contributed by atoms with Crippen LogP contribution in [-0.2, 0) is 4.79 Å². The number of ether oxygens (including phenoxy) is 2. The fraction of sp³-hybridized carbons (Fsp3) is 0.222. The molecule has 27 heavy (non-hydrogen) atoms. The average molecular weight is 373 g/mol. The lowest BCUT2D eigenvalue weighted by Gasteiger charge is -2.12. The Bertz CT molecular complexity index is 853. The van der Waals surface area contributed by atoms with Crippen LogP contribution >= 0.6 is 0 Å². The van der Waals surface area contributed by atoms with Crippen molar-refractivity contribution in [3.05, 3.63) is 58.1 Å². The number of nitro benzene ring substituents is 1. The number of amides is 2. The van der Waals surface area contributed by atoms with E-state index in [0.717, 1.165) is 6.07 Å². The summed E-state index contributed by atoms with van der Waals surface area (Å²) in [7, 11) is 1.49. The summed E-state index contributed by atoms with van der Waals surface area (Å²) in [6.45, 7) is 2.03. The van der Waals surface area contributed by atoms with Crippen LogP contribution in [0.4, 0.5) is 11.4 Å². The summed E-state index contributed by atoms with van der Waals surface area (Å²) >= 11 is 0. The molecule has 0 aliphatic heterocycles. The van der Waals surface area contributed by atoms with Gasteiger partial charge in [-0.1, -0.05) is 6.07 Å². The van der Waals surface area contributed by atoms with Gasteiger partial charge in [0.1, 0.15) is 0 Å². The summed E-state index contributed by atoms with van der Waals surface area (Å²) in [6.07, 6.45) is 0. The molecule has 9 heteroatoms. The Labute approximate surface area is 155 Å². The summed E-state index contributed by atoms with van der Waals surface area (Å²) < 4.78 is 10.6. The second-order valence-electron chi connectivity index (χ2n) is 5.34. The molecule has 2 aromatic rings. The number of nitro groups is 1. The maximum absolute atomic E-state index is 12.0. The first-order valence-corrected chi connectivity index (χ1v) is 8.08. The molecule has 2 aromatic carbocycles. The van der Waals surface area contributed by atoms with E-state index >= 15 is 0 Å². The van der Waals surface area contributed by atoms with Crippen molar-refractivity contribution in [3.63, 3.8) is 0 Å². The first-order valence-electron chi connectivity index (χ1n) is 8.08. The van der Waals surface area contributed by atoms with Crippen LogP contribution in [0.5, 0.6) is 11.5 Å². The van der Waals surface area contributed by atoms with Crippen LogP contribution in [0.3, 0.4) is 0 Å². The number of nitrogens with one attached hydrogen (secondary N) is 2. The zero-order valence-corrected chi connectivity index (χ0v) is 14.9. The third kappa shape index (κ3) is 5.43. The summed E-state index contributed by atoms with van der Waals surface area (Å²) in [6, 6.07) is 10.2. The summed E-state index contributed by atoms with van der Waals surface area (Å²) in [5, 5.41) is 15.8. The molecule has 0 atom stereocenters. The minimum absolute atomic E-state index is 0.0970. The van der Waals surface area contributed by atoms with Crippen LogP contribution in [0.25, 0.3) is 0 Å². The van der Waals surface area contributed by atoms with Gasteiger partial charge in [-0.15, -0.1) is 0 Å². The molecule has 2 N–H and O–H groups in total. The molecular formula is C18H19N3O6. The molecule has 0 heterocycles. The predicted octanol–water partition coefficient (Wildman–Crippen LogP) is 2.37. The zero-order chi connectivity index (χ0) is 19.8. The normalized spacial score (nSPS) is 10.0. The maximum Gasteiger partial charge on any atom is 0.270 e. The Kier molecular flexibility index (Phi) is 6.70. The molecule has 0 spiro atoms. The smallest absolute Gasteiger partial charge is 0.270 e. The molecule has 0 saturated heterocycles. The van der Waals surface area contributed by atoms with E-state index in [2.05, 4.69) is 10.6 Å². The largest absolute Gasteiger partial charge is 0.493 e. The molecule has 0 aliphatic rings. The number of hydrogen-bond donors (Lipinski definition) is 2. The Morgan fingerprint density at radius 1 is 1.15 bits per heavy atom. The van der Waals surface area contributed by atoms with Crippen LogP contribution in [0, 0.1) is 10.1 Å². The zero-order valence-electron chi connectivity index (χ0n) is 14.9. The number of methoxy groups -OCH3 is 1. The van der Waals surface area contributed by atoms with Gasteiger partial charge in [0.05, 0.1) is 25.2 Å². The van der Waals surface area contributed by atoms with E-state index in [1.165, 1.54) is 25.3 Å². The number of carbonyl (C=O) groups is 2. The van der Waals surface area contributed by atoms with Crippen molar-refractivity contribution < 1.29 is 24.0 Å². The van der Waals surface area contributed by atoms with E-state index < -0.39 is 16.7 Å². The molecule has 0 aromatic heterocycles. The first kappa shape index (κ1) is 19.7. The van der Waals surface area contributed by atoms with Gasteiger partial charge in [-0.25, -0.2) is 0 Å². The second-order valence-corrected chi connectivity index (χ2v) is 5.34. The Balaban J connectivity index is 1.95. The highest BCUT2D eigenvalue weighted by Gasteiger charge is 2.13. The maximum atomic E-state index is 12.0. The van der Waals surface area contributed by atoms with Gasteiger partial charge < -0.3 is 20.1 Å². The Hall–Kier alpha value is -3.62. The van der Waals surface area contributed by atoms with Crippen molar-refractivity contribution in [2.45, 2.75) is 6.92 Å². The standard InChI is InChI=1S/C18H19N3O6/c1-3-27-15-8-7-13(10-16(15)26-2)20-17(22)11-19-18(23)12-5-4-6-14(9-12)21(24)25/h4-10H,3,11H2,1-2H3,(H,19,23)(H,20,22). The molecular weight excluding hydrogens is 354 g/mol. The van der Waals surface area contributed by atoms with Gasteiger partial charge in [0.25, 0.3) is 11.6 Å². The van der Waals surface area contributed by atoms with Crippen LogP contribution < -0.4 is 20.1 Å². The molecule has 0 radical (unpaired) electrons. The third-order valence-corrected chi connectivity index (χ3v) is 3.48. The van der Waals surface area contributed by atoms with Crippen LogP contribution in [0.2, 0.25) is 0 Å². The van der Waals surface area contributed by atoms with E-state index in [1.54, 1.807) is 18.2 Å². The minimum atomic E-state index is -0.594. The highest BCUT2D eigenvalue weighted by atomic mass is 16.6. The van der Waals surface area contributed by atoms with Gasteiger partial charge in [-0.3, -0.25) is 19.7 Å². The van der Waals surface area contributed by atoms with Gasteiger partial charge in [0.2, 0.25) is 5.91 Å². The molecule has 0 aliphatic carbocycles. The lowest BCUT2D eigenvalue weighted by Crippen LogP contribution is -2.32. The van der Waals surface area contributed by atoms with Crippen molar-refractivity contribution in [2.24, 2.45) is 0 Å². The van der Waals surface area contributed by atoms with E-state index in [0.29, 0.717) is 23.8 Å². The molecule has 142 valence electrons.